The maximum Gasteiger partial charge on any atom is 0.268 e. The summed E-state index contributed by atoms with van der Waals surface area (Å²) in [7, 11) is 1.22. The number of hydrogen-bond donors (Lipinski definition) is 2. The number of quaternary nitrogens is 1. The first-order valence-electron chi connectivity index (χ1n) is 20.5. The van der Waals surface area contributed by atoms with Crippen LogP contribution in [-0.4, -0.2) is 68.5 Å². The van der Waals surface area contributed by atoms with E-state index in [1.54, 1.807) is 6.08 Å². The second-order valence-electron chi connectivity index (χ2n) is 14.9. The molecule has 0 fully saturated rings. The Kier molecular flexibility index (Phi) is 33.2. The monoisotopic (exact) mass is 739 g/mol. The summed E-state index contributed by atoms with van der Waals surface area (Å²) >= 11 is 0. The Morgan fingerprint density at radius 1 is 0.686 bits per heavy atom. The molecule has 0 rings (SSSR count). The summed E-state index contributed by atoms with van der Waals surface area (Å²) < 4.78 is 23.1. The van der Waals surface area contributed by atoms with Gasteiger partial charge in [-0.2, -0.15) is 0 Å². The highest BCUT2D eigenvalue weighted by Gasteiger charge is 2.23. The molecule has 0 spiro atoms. The summed E-state index contributed by atoms with van der Waals surface area (Å²) in [4.78, 5) is 25.2. The van der Waals surface area contributed by atoms with Crippen LogP contribution in [0.1, 0.15) is 162 Å². The summed E-state index contributed by atoms with van der Waals surface area (Å²) in [5.74, 6) is -0.221. The van der Waals surface area contributed by atoms with Crippen molar-refractivity contribution in [3.8, 4) is 0 Å². The number of aliphatic hydroxyl groups excluding tert-OH is 1. The van der Waals surface area contributed by atoms with E-state index in [4.69, 9.17) is 9.05 Å². The van der Waals surface area contributed by atoms with Crippen LogP contribution in [0.25, 0.3) is 0 Å². The lowest BCUT2D eigenvalue weighted by Gasteiger charge is -2.29. The molecule has 0 aromatic carbocycles. The lowest BCUT2D eigenvalue weighted by molar-refractivity contribution is -0.870. The molecule has 1 amide bonds. The summed E-state index contributed by atoms with van der Waals surface area (Å²) in [5, 5.41) is 13.7. The van der Waals surface area contributed by atoms with Crippen molar-refractivity contribution in [2.45, 2.75) is 174 Å². The molecule has 0 saturated heterocycles. The summed E-state index contributed by atoms with van der Waals surface area (Å²) in [6.45, 7) is 4.47. The van der Waals surface area contributed by atoms with Gasteiger partial charge in [-0.15, -0.1) is 0 Å². The molecule has 3 unspecified atom stereocenters. The van der Waals surface area contributed by atoms with Crippen LogP contribution >= 0.6 is 7.82 Å². The average Bonchev–Trinajstić information content (AvgIpc) is 3.07. The van der Waals surface area contributed by atoms with Gasteiger partial charge in [0.2, 0.25) is 5.91 Å². The van der Waals surface area contributed by atoms with Crippen LogP contribution in [0.15, 0.2) is 48.6 Å². The van der Waals surface area contributed by atoms with Crippen LogP contribution in [0.4, 0.5) is 0 Å². The molecule has 0 aliphatic heterocycles. The third-order valence-electron chi connectivity index (χ3n) is 8.75. The zero-order chi connectivity index (χ0) is 37.9. The minimum Gasteiger partial charge on any atom is -0.756 e. The smallest absolute Gasteiger partial charge is 0.268 e. The van der Waals surface area contributed by atoms with E-state index in [0.717, 1.165) is 51.4 Å². The number of carbonyl (C=O) groups excluding carboxylic acids is 1. The van der Waals surface area contributed by atoms with Gasteiger partial charge in [0, 0.05) is 6.42 Å². The number of nitrogens with one attached hydrogen (secondary N) is 1. The number of hydrogen-bond acceptors (Lipinski definition) is 6. The van der Waals surface area contributed by atoms with E-state index in [-0.39, 0.29) is 12.5 Å². The molecule has 0 radical (unpaired) electrons. The standard InChI is InChI=1S/C42H79N2O6P/c1-6-8-10-12-14-16-18-19-20-21-22-23-24-25-26-28-30-32-34-36-42(46)43-40(39-50-51(47,48)49-38-37-44(3,4)5)41(45)35-33-31-29-27-17-15-13-11-9-7-2/h9,11,17,21-22,27,33,35,40-41,45H,6-8,10,12-16,18-20,23-26,28-32,34,36-39H2,1-5H3,(H-,43,46,47,48)/b11-9+,22-21-,27-17+,35-33+. The fourth-order valence-corrected chi connectivity index (χ4v) is 6.20. The van der Waals surface area contributed by atoms with Gasteiger partial charge in [-0.25, -0.2) is 0 Å². The fraction of sp³-hybridized carbons (Fsp3) is 0.786. The van der Waals surface area contributed by atoms with Crippen molar-refractivity contribution < 1.29 is 32.9 Å². The molecule has 8 nitrogen and oxygen atoms in total. The average molecular weight is 739 g/mol. The van der Waals surface area contributed by atoms with Crippen molar-refractivity contribution in [1.82, 2.24) is 5.32 Å². The van der Waals surface area contributed by atoms with Crippen molar-refractivity contribution >= 4 is 13.7 Å². The van der Waals surface area contributed by atoms with Gasteiger partial charge in [-0.3, -0.25) is 9.36 Å². The molecular formula is C42H79N2O6P. The maximum atomic E-state index is 12.8. The molecule has 9 heteroatoms. The van der Waals surface area contributed by atoms with Gasteiger partial charge in [-0.05, 0) is 64.2 Å². The quantitative estimate of drug-likeness (QED) is 0.0287. The van der Waals surface area contributed by atoms with E-state index in [2.05, 4.69) is 55.6 Å². The van der Waals surface area contributed by atoms with Crippen molar-refractivity contribution in [3.05, 3.63) is 48.6 Å². The number of allylic oxidation sites excluding steroid dienone is 7. The van der Waals surface area contributed by atoms with Crippen molar-refractivity contribution in [2.24, 2.45) is 0 Å². The number of unbranched alkanes of at least 4 members (excludes halogenated alkanes) is 17. The fourth-order valence-electron chi connectivity index (χ4n) is 5.48. The molecule has 298 valence electrons. The number of aliphatic hydroxyl groups is 1. The molecule has 0 saturated carbocycles. The Morgan fingerprint density at radius 3 is 1.69 bits per heavy atom. The normalized spacial score (nSPS) is 15.0. The number of nitrogens with zero attached hydrogens (tertiary/aromatic N) is 1. The van der Waals surface area contributed by atoms with Crippen LogP contribution in [0.2, 0.25) is 0 Å². The first-order valence-corrected chi connectivity index (χ1v) is 22.0. The molecule has 3 atom stereocenters. The second-order valence-corrected chi connectivity index (χ2v) is 16.3. The highest BCUT2D eigenvalue weighted by molar-refractivity contribution is 7.45. The van der Waals surface area contributed by atoms with Gasteiger partial charge in [0.25, 0.3) is 7.82 Å². The number of amides is 1. The second kappa shape index (κ2) is 34.2. The Bertz CT molecular complexity index is 975. The Labute approximate surface area is 314 Å². The van der Waals surface area contributed by atoms with Crippen LogP contribution in [-0.2, 0) is 18.4 Å². The number of likely N-dealkylation sites (N-methyl/N-ethyl adjacent to an activating group) is 1. The van der Waals surface area contributed by atoms with E-state index in [1.165, 1.54) is 89.9 Å². The van der Waals surface area contributed by atoms with Crippen LogP contribution in [0, 0.1) is 0 Å². The first-order chi connectivity index (χ1) is 24.5. The SMILES string of the molecule is CC/C=C/CC/C=C/CC/C=C/C(O)C(COP(=O)([O-])OCC[N+](C)(C)C)NC(=O)CCCCCCCCC/C=C\CCCCCCCCCC. The summed E-state index contributed by atoms with van der Waals surface area (Å²) in [6.07, 6.45) is 41.7. The number of phosphoric acid groups is 1. The van der Waals surface area contributed by atoms with Crippen molar-refractivity contribution in [1.29, 1.82) is 0 Å². The molecule has 0 bridgehead atoms. The third kappa shape index (κ3) is 36.6. The van der Waals surface area contributed by atoms with Gasteiger partial charge in [0.1, 0.15) is 13.2 Å². The molecule has 0 aromatic heterocycles. The molecule has 0 aliphatic carbocycles. The molecule has 0 heterocycles. The van der Waals surface area contributed by atoms with Gasteiger partial charge >= 0.3 is 0 Å². The van der Waals surface area contributed by atoms with Gasteiger partial charge in [0.05, 0.1) is 39.9 Å². The zero-order valence-corrected chi connectivity index (χ0v) is 34.4. The minimum absolute atomic E-state index is 0.0113. The van der Waals surface area contributed by atoms with E-state index in [1.807, 2.05) is 27.2 Å². The van der Waals surface area contributed by atoms with Gasteiger partial charge in [-0.1, -0.05) is 140 Å². The van der Waals surface area contributed by atoms with E-state index >= 15 is 0 Å². The molecular weight excluding hydrogens is 659 g/mol. The summed E-state index contributed by atoms with van der Waals surface area (Å²) in [5.41, 5.74) is 0. The molecule has 0 aromatic rings. The van der Waals surface area contributed by atoms with Crippen LogP contribution in [0.5, 0.6) is 0 Å². The van der Waals surface area contributed by atoms with Crippen LogP contribution < -0.4 is 10.2 Å². The molecule has 2 N–H and O–H groups in total. The lowest BCUT2D eigenvalue weighted by atomic mass is 10.1. The first kappa shape index (κ1) is 49.5. The third-order valence-corrected chi connectivity index (χ3v) is 9.71. The Hall–Kier alpha value is -1.54. The predicted molar refractivity (Wildman–Crippen MR) is 214 cm³/mol. The van der Waals surface area contributed by atoms with Crippen LogP contribution in [0.3, 0.4) is 0 Å². The highest BCUT2D eigenvalue weighted by Crippen LogP contribution is 2.38. The van der Waals surface area contributed by atoms with Crippen molar-refractivity contribution in [3.63, 3.8) is 0 Å². The van der Waals surface area contributed by atoms with E-state index < -0.39 is 26.6 Å². The van der Waals surface area contributed by atoms with Gasteiger partial charge in [0.15, 0.2) is 0 Å². The maximum absolute atomic E-state index is 12.8. The Balaban J connectivity index is 4.42. The minimum atomic E-state index is -4.59. The lowest BCUT2D eigenvalue weighted by Crippen LogP contribution is -2.45. The highest BCUT2D eigenvalue weighted by atomic mass is 31.2. The number of rotatable bonds is 36. The zero-order valence-electron chi connectivity index (χ0n) is 33.5. The van der Waals surface area contributed by atoms with Crippen molar-refractivity contribution in [2.75, 3.05) is 40.9 Å². The van der Waals surface area contributed by atoms with E-state index in [9.17, 15) is 19.4 Å². The predicted octanol–water partition coefficient (Wildman–Crippen LogP) is 10.3. The largest absolute Gasteiger partial charge is 0.756 e. The number of carbonyl (C=O) groups is 1. The molecule has 51 heavy (non-hydrogen) atoms. The number of phosphoric ester groups is 1. The topological polar surface area (TPSA) is 108 Å². The Morgan fingerprint density at radius 2 is 1.16 bits per heavy atom. The summed E-state index contributed by atoms with van der Waals surface area (Å²) in [6, 6.07) is -0.909. The molecule has 0 aliphatic rings. The van der Waals surface area contributed by atoms with E-state index in [0.29, 0.717) is 17.4 Å². The van der Waals surface area contributed by atoms with Gasteiger partial charge < -0.3 is 28.8 Å².